The van der Waals surface area contributed by atoms with E-state index in [1.54, 1.807) is 0 Å². The molecule has 0 saturated heterocycles. The first-order valence-corrected chi connectivity index (χ1v) is 9.34. The van der Waals surface area contributed by atoms with Gasteiger partial charge in [-0.1, -0.05) is 28.1 Å². The zero-order valence-corrected chi connectivity index (χ0v) is 18.7. The lowest BCUT2D eigenvalue weighted by Crippen LogP contribution is -2.38. The highest BCUT2D eigenvalue weighted by Gasteiger charge is 2.33. The van der Waals surface area contributed by atoms with Crippen molar-refractivity contribution >= 4 is 57.2 Å². The molecule has 0 fully saturated rings. The normalized spacial score (nSPS) is 11.8. The van der Waals surface area contributed by atoms with Gasteiger partial charge in [0.1, 0.15) is 0 Å². The summed E-state index contributed by atoms with van der Waals surface area (Å²) in [4.78, 5) is 8.09. The van der Waals surface area contributed by atoms with Crippen LogP contribution in [0.1, 0.15) is 23.2 Å². The maximum atomic E-state index is 12.5. The predicted molar refractivity (Wildman–Crippen MR) is 113 cm³/mol. The molecule has 0 radical (unpaired) electrons. The minimum Gasteiger partial charge on any atom is -0.357 e. The number of benzene rings is 1. The van der Waals surface area contributed by atoms with Crippen molar-refractivity contribution in [1.29, 1.82) is 0 Å². The number of nitrogens with one attached hydrogen (secondary N) is 2. The summed E-state index contributed by atoms with van der Waals surface area (Å²) in [7, 11) is 0. The summed E-state index contributed by atoms with van der Waals surface area (Å²) >= 11 is 4.43. The molecular formula is C16H19BrF3IN4S. The van der Waals surface area contributed by atoms with Crippen LogP contribution >= 0.6 is 51.2 Å². The fourth-order valence-corrected chi connectivity index (χ4v) is 3.24. The second-order valence-corrected chi connectivity index (χ2v) is 6.98. The maximum Gasteiger partial charge on any atom is 0.434 e. The molecule has 0 aliphatic rings. The Morgan fingerprint density at radius 1 is 1.31 bits per heavy atom. The third-order valence-corrected chi connectivity index (χ3v) is 4.53. The van der Waals surface area contributed by atoms with E-state index in [0.717, 1.165) is 26.8 Å². The van der Waals surface area contributed by atoms with E-state index in [-0.39, 0.29) is 24.0 Å². The Labute approximate surface area is 179 Å². The molecule has 0 bridgehead atoms. The molecule has 2 N–H and O–H groups in total. The van der Waals surface area contributed by atoms with E-state index < -0.39 is 11.9 Å². The fraction of sp³-hybridized carbons (Fsp3) is 0.375. The average Bonchev–Trinajstić information content (AvgIpc) is 3.02. The van der Waals surface area contributed by atoms with E-state index in [2.05, 4.69) is 36.5 Å². The number of aromatic nitrogens is 1. The van der Waals surface area contributed by atoms with Crippen molar-refractivity contribution in [3.8, 4) is 0 Å². The van der Waals surface area contributed by atoms with E-state index in [1.165, 1.54) is 0 Å². The Bertz CT molecular complexity index is 722. The minimum atomic E-state index is -4.39. The van der Waals surface area contributed by atoms with Crippen LogP contribution in [0.25, 0.3) is 0 Å². The number of halogens is 5. The molecule has 0 unspecified atom stereocenters. The molecule has 0 atom stereocenters. The number of hydrogen-bond acceptors (Lipinski definition) is 3. The Hall–Kier alpha value is -0.880. The summed E-state index contributed by atoms with van der Waals surface area (Å²) in [5, 5.41) is 7.72. The fourth-order valence-electron chi connectivity index (χ4n) is 1.99. The standard InChI is InChI=1S/C16H18BrF3N4S.HI/c1-2-21-15(23-9-11-4-3-5-12(17)8-11)22-7-6-14-24-13(10-25-14)16(18,19)20;/h3-5,8,10H,2,6-7,9H2,1H3,(H2,21,22,23);1H. The van der Waals surface area contributed by atoms with Gasteiger partial charge in [0.25, 0.3) is 0 Å². The zero-order chi connectivity index (χ0) is 18.3. The second-order valence-electron chi connectivity index (χ2n) is 5.13. The molecule has 0 saturated carbocycles. The monoisotopic (exact) mass is 562 g/mol. The van der Waals surface area contributed by atoms with Crippen LogP contribution in [-0.2, 0) is 19.1 Å². The van der Waals surface area contributed by atoms with Crippen LogP contribution in [-0.4, -0.2) is 24.0 Å². The molecule has 0 aliphatic heterocycles. The van der Waals surface area contributed by atoms with Crippen molar-refractivity contribution in [3.63, 3.8) is 0 Å². The first-order valence-electron chi connectivity index (χ1n) is 7.66. The summed E-state index contributed by atoms with van der Waals surface area (Å²) in [5.41, 5.74) is 0.226. The van der Waals surface area contributed by atoms with Crippen molar-refractivity contribution in [2.24, 2.45) is 4.99 Å². The topological polar surface area (TPSA) is 49.3 Å². The van der Waals surface area contributed by atoms with Crippen LogP contribution in [0.3, 0.4) is 0 Å². The average molecular weight is 563 g/mol. The lowest BCUT2D eigenvalue weighted by Gasteiger charge is -2.10. The Kier molecular flexibility index (Phi) is 9.86. The highest BCUT2D eigenvalue weighted by Crippen LogP contribution is 2.29. The van der Waals surface area contributed by atoms with Crippen LogP contribution in [0.2, 0.25) is 0 Å². The first kappa shape index (κ1) is 23.2. The van der Waals surface area contributed by atoms with Gasteiger partial charge in [-0.15, -0.1) is 35.3 Å². The second kappa shape index (κ2) is 11.1. The SMILES string of the molecule is CCNC(=NCc1cccc(Br)c1)NCCc1nc(C(F)(F)F)cs1.I. The third-order valence-electron chi connectivity index (χ3n) is 3.13. The molecule has 1 aromatic heterocycles. The molecule has 26 heavy (non-hydrogen) atoms. The molecule has 4 nitrogen and oxygen atoms in total. The molecule has 0 amide bonds. The van der Waals surface area contributed by atoms with Crippen LogP contribution in [0.5, 0.6) is 0 Å². The smallest absolute Gasteiger partial charge is 0.357 e. The van der Waals surface area contributed by atoms with E-state index in [4.69, 9.17) is 0 Å². The van der Waals surface area contributed by atoms with E-state index in [1.807, 2.05) is 31.2 Å². The molecule has 2 rings (SSSR count). The van der Waals surface area contributed by atoms with Gasteiger partial charge in [0.2, 0.25) is 0 Å². The molecule has 10 heteroatoms. The van der Waals surface area contributed by atoms with Gasteiger partial charge < -0.3 is 10.6 Å². The summed E-state index contributed by atoms with van der Waals surface area (Å²) < 4.78 is 38.6. The van der Waals surface area contributed by atoms with Gasteiger partial charge in [0.15, 0.2) is 11.7 Å². The van der Waals surface area contributed by atoms with Gasteiger partial charge in [-0.2, -0.15) is 13.2 Å². The predicted octanol–water partition coefficient (Wildman–Crippen LogP) is 4.84. The summed E-state index contributed by atoms with van der Waals surface area (Å²) in [6, 6.07) is 7.85. The Balaban J connectivity index is 0.00000338. The van der Waals surface area contributed by atoms with Gasteiger partial charge >= 0.3 is 6.18 Å². The van der Waals surface area contributed by atoms with E-state index >= 15 is 0 Å². The lowest BCUT2D eigenvalue weighted by atomic mass is 10.2. The summed E-state index contributed by atoms with van der Waals surface area (Å²) in [6.45, 7) is 3.60. The van der Waals surface area contributed by atoms with Gasteiger partial charge in [-0.3, -0.25) is 0 Å². The van der Waals surface area contributed by atoms with Crippen molar-refractivity contribution in [2.75, 3.05) is 13.1 Å². The molecule has 2 aromatic rings. The summed E-state index contributed by atoms with van der Waals surface area (Å²) in [6.07, 6.45) is -3.98. The van der Waals surface area contributed by atoms with Gasteiger partial charge in [0.05, 0.1) is 11.6 Å². The van der Waals surface area contributed by atoms with Gasteiger partial charge in [-0.25, -0.2) is 9.98 Å². The molecule has 144 valence electrons. The third kappa shape index (κ3) is 7.78. The number of alkyl halides is 3. The van der Waals surface area contributed by atoms with Crippen LogP contribution in [0.15, 0.2) is 39.1 Å². The molecule has 0 spiro atoms. The lowest BCUT2D eigenvalue weighted by molar-refractivity contribution is -0.140. The largest absolute Gasteiger partial charge is 0.434 e. The number of aliphatic imine (C=N–C) groups is 1. The maximum absolute atomic E-state index is 12.5. The molecule has 0 aliphatic carbocycles. The number of guanidine groups is 1. The van der Waals surface area contributed by atoms with Crippen molar-refractivity contribution in [2.45, 2.75) is 26.1 Å². The zero-order valence-electron chi connectivity index (χ0n) is 13.9. The molecule has 1 aromatic carbocycles. The summed E-state index contributed by atoms with van der Waals surface area (Å²) in [5.74, 6) is 0.620. The quantitative estimate of drug-likeness (QED) is 0.301. The Morgan fingerprint density at radius 2 is 2.08 bits per heavy atom. The van der Waals surface area contributed by atoms with Crippen LogP contribution < -0.4 is 10.6 Å². The minimum absolute atomic E-state index is 0. The number of rotatable bonds is 6. The van der Waals surface area contributed by atoms with Gasteiger partial charge in [-0.05, 0) is 24.6 Å². The Morgan fingerprint density at radius 3 is 2.69 bits per heavy atom. The number of nitrogens with zero attached hydrogens (tertiary/aromatic N) is 2. The first-order chi connectivity index (χ1) is 11.9. The number of hydrogen-bond donors (Lipinski definition) is 2. The van der Waals surface area contributed by atoms with Crippen molar-refractivity contribution in [3.05, 3.63) is 50.4 Å². The van der Waals surface area contributed by atoms with Gasteiger partial charge in [0, 0.05) is 29.4 Å². The van der Waals surface area contributed by atoms with Crippen molar-refractivity contribution in [1.82, 2.24) is 15.6 Å². The highest BCUT2D eigenvalue weighted by molar-refractivity contribution is 14.0. The van der Waals surface area contributed by atoms with Crippen LogP contribution in [0.4, 0.5) is 13.2 Å². The van der Waals surface area contributed by atoms with Crippen LogP contribution in [0, 0.1) is 0 Å². The van der Waals surface area contributed by atoms with Crippen molar-refractivity contribution < 1.29 is 13.2 Å². The molecule has 1 heterocycles. The number of thiazole rings is 1. The van der Waals surface area contributed by atoms with E-state index in [0.29, 0.717) is 37.0 Å². The van der Waals surface area contributed by atoms with E-state index in [9.17, 15) is 13.2 Å². The molecular weight excluding hydrogens is 544 g/mol. The highest BCUT2D eigenvalue weighted by atomic mass is 127.